The van der Waals surface area contributed by atoms with Gasteiger partial charge in [0.1, 0.15) is 11.1 Å². The first-order valence-corrected chi connectivity index (χ1v) is 14.7. The summed E-state index contributed by atoms with van der Waals surface area (Å²) in [6.45, 7) is 11.3. The van der Waals surface area contributed by atoms with Crippen LogP contribution >= 0.6 is 0 Å². The Balaban J connectivity index is 1.30. The molecule has 8 nitrogen and oxygen atoms in total. The molecule has 3 aromatic carbocycles. The van der Waals surface area contributed by atoms with Crippen LogP contribution in [0.2, 0.25) is 0 Å². The Kier molecular flexibility index (Phi) is 8.27. The van der Waals surface area contributed by atoms with Gasteiger partial charge in [0.2, 0.25) is 5.89 Å². The highest BCUT2D eigenvalue weighted by Gasteiger charge is 2.38. The summed E-state index contributed by atoms with van der Waals surface area (Å²) in [6.07, 6.45) is 1.11. The van der Waals surface area contributed by atoms with E-state index in [0.717, 1.165) is 16.7 Å². The van der Waals surface area contributed by atoms with E-state index >= 15 is 0 Å². The van der Waals surface area contributed by atoms with Gasteiger partial charge in [0, 0.05) is 41.7 Å². The molecule has 1 aromatic heterocycles. The number of amides is 2. The molecule has 1 fully saturated rings. The van der Waals surface area contributed by atoms with Crippen molar-refractivity contribution >= 4 is 23.1 Å². The van der Waals surface area contributed by atoms with Crippen LogP contribution in [-0.4, -0.2) is 47.1 Å². The lowest BCUT2D eigenvalue weighted by atomic mass is 9.72. The van der Waals surface area contributed by atoms with Gasteiger partial charge in [-0.05, 0) is 81.5 Å². The average molecular weight is 579 g/mol. The zero-order valence-electron chi connectivity index (χ0n) is 25.4. The minimum atomic E-state index is -0.549. The van der Waals surface area contributed by atoms with E-state index in [1.165, 1.54) is 0 Å². The van der Waals surface area contributed by atoms with Crippen molar-refractivity contribution in [3.8, 4) is 17.5 Å². The van der Waals surface area contributed by atoms with Crippen molar-refractivity contribution < 1.29 is 18.7 Å². The molecule has 2 amide bonds. The number of ether oxygens (including phenoxy) is 1. The fourth-order valence-corrected chi connectivity index (χ4v) is 5.59. The first-order chi connectivity index (χ1) is 20.5. The first-order valence-electron chi connectivity index (χ1n) is 14.7. The molecular weight excluding hydrogens is 540 g/mol. The maximum atomic E-state index is 13.3. The summed E-state index contributed by atoms with van der Waals surface area (Å²) >= 11 is 0. The second-order valence-corrected chi connectivity index (χ2v) is 12.6. The number of oxazole rings is 1. The number of piperidine rings is 1. The van der Waals surface area contributed by atoms with Crippen LogP contribution in [0.4, 0.5) is 4.79 Å². The molecule has 0 aliphatic carbocycles. The van der Waals surface area contributed by atoms with Crippen LogP contribution in [0.25, 0.3) is 22.6 Å². The number of rotatable bonds is 6. The highest BCUT2D eigenvalue weighted by molar-refractivity contribution is 5.94. The summed E-state index contributed by atoms with van der Waals surface area (Å²) in [5.74, 6) is 0.444. The largest absolute Gasteiger partial charge is 0.444 e. The van der Waals surface area contributed by atoms with Crippen molar-refractivity contribution in [2.24, 2.45) is 0 Å². The lowest BCUT2D eigenvalue weighted by Gasteiger charge is -2.42. The zero-order chi connectivity index (χ0) is 30.8. The standard InChI is InChI=1S/C35H38N4O4/c1-23(2)28-19-24(21-36)20-29-30(28)42-32(38-29)26-13-11-25(12-14-26)31(40)37-22-35(27-9-7-6-8-10-27)15-17-39(18-16-35)33(41)43-34(3,4)5/h6-14,19-20,23H,15-18,22H2,1-5H3,(H,37,40). The molecule has 4 aromatic rings. The summed E-state index contributed by atoms with van der Waals surface area (Å²) in [7, 11) is 0. The van der Waals surface area contributed by atoms with E-state index in [-0.39, 0.29) is 23.3 Å². The van der Waals surface area contributed by atoms with Crippen LogP contribution in [-0.2, 0) is 10.2 Å². The molecule has 1 aliphatic heterocycles. The molecule has 222 valence electrons. The Morgan fingerprint density at radius 1 is 1.07 bits per heavy atom. The number of carbonyl (C=O) groups is 2. The van der Waals surface area contributed by atoms with Crippen LogP contribution < -0.4 is 5.32 Å². The number of nitriles is 1. The molecular formula is C35H38N4O4. The molecule has 1 aliphatic rings. The smallest absolute Gasteiger partial charge is 0.410 e. The number of likely N-dealkylation sites (tertiary alicyclic amines) is 1. The number of nitrogens with zero attached hydrogens (tertiary/aromatic N) is 3. The Bertz CT molecular complexity index is 1650. The van der Waals surface area contributed by atoms with Gasteiger partial charge < -0.3 is 19.4 Å². The Morgan fingerprint density at radius 2 is 1.74 bits per heavy atom. The molecule has 0 bridgehead atoms. The van der Waals surface area contributed by atoms with Gasteiger partial charge in [0.05, 0.1) is 11.6 Å². The minimum absolute atomic E-state index is 0.172. The fourth-order valence-electron chi connectivity index (χ4n) is 5.59. The number of nitrogens with one attached hydrogen (secondary N) is 1. The normalized spacial score (nSPS) is 14.9. The lowest BCUT2D eigenvalue weighted by Crippen LogP contribution is -2.51. The summed E-state index contributed by atoms with van der Waals surface area (Å²) in [4.78, 5) is 32.4. The van der Waals surface area contributed by atoms with Crippen LogP contribution in [0.5, 0.6) is 0 Å². The molecule has 0 unspecified atom stereocenters. The van der Waals surface area contributed by atoms with Crippen molar-refractivity contribution in [1.82, 2.24) is 15.2 Å². The fraction of sp³-hybridized carbons (Fsp3) is 0.371. The maximum absolute atomic E-state index is 13.3. The van der Waals surface area contributed by atoms with Crippen molar-refractivity contribution in [2.45, 2.75) is 64.4 Å². The predicted octanol–water partition coefficient (Wildman–Crippen LogP) is 7.19. The highest BCUT2D eigenvalue weighted by atomic mass is 16.6. The van der Waals surface area contributed by atoms with Crippen LogP contribution in [0.1, 0.15) is 80.4 Å². The Labute approximate surface area is 252 Å². The van der Waals surface area contributed by atoms with Gasteiger partial charge in [-0.2, -0.15) is 5.26 Å². The van der Waals surface area contributed by atoms with Gasteiger partial charge in [-0.1, -0.05) is 44.2 Å². The number of hydrogen-bond donors (Lipinski definition) is 1. The summed E-state index contributed by atoms with van der Waals surface area (Å²) in [5.41, 5.74) is 4.38. The molecule has 0 saturated carbocycles. The quantitative estimate of drug-likeness (QED) is 0.259. The van der Waals surface area contributed by atoms with E-state index in [4.69, 9.17) is 9.15 Å². The van der Waals surface area contributed by atoms with E-state index in [0.29, 0.717) is 60.6 Å². The van der Waals surface area contributed by atoms with E-state index < -0.39 is 5.60 Å². The summed E-state index contributed by atoms with van der Waals surface area (Å²) < 4.78 is 11.7. The van der Waals surface area contributed by atoms with Gasteiger partial charge in [0.15, 0.2) is 5.58 Å². The third-order valence-corrected chi connectivity index (χ3v) is 8.01. The minimum Gasteiger partial charge on any atom is -0.444 e. The van der Waals surface area contributed by atoms with Crippen molar-refractivity contribution in [2.75, 3.05) is 19.6 Å². The molecule has 1 N–H and O–H groups in total. The monoisotopic (exact) mass is 578 g/mol. The summed E-state index contributed by atoms with van der Waals surface area (Å²) in [5, 5.41) is 12.6. The number of fused-ring (bicyclic) bond motifs is 1. The van der Waals surface area contributed by atoms with Crippen molar-refractivity contribution in [1.29, 1.82) is 5.26 Å². The maximum Gasteiger partial charge on any atom is 0.410 e. The van der Waals surface area contributed by atoms with E-state index in [1.54, 1.807) is 23.1 Å². The highest BCUT2D eigenvalue weighted by Crippen LogP contribution is 2.36. The van der Waals surface area contributed by atoms with Crippen LogP contribution in [0, 0.1) is 11.3 Å². The van der Waals surface area contributed by atoms with Crippen LogP contribution in [0.3, 0.4) is 0 Å². The van der Waals surface area contributed by atoms with Gasteiger partial charge in [-0.25, -0.2) is 9.78 Å². The lowest BCUT2D eigenvalue weighted by molar-refractivity contribution is 0.0162. The summed E-state index contributed by atoms with van der Waals surface area (Å²) in [6, 6.07) is 23.1. The van der Waals surface area contributed by atoms with Crippen molar-refractivity contribution in [3.63, 3.8) is 0 Å². The van der Waals surface area contributed by atoms with Crippen molar-refractivity contribution in [3.05, 3.63) is 89.0 Å². The molecule has 0 atom stereocenters. The predicted molar refractivity (Wildman–Crippen MR) is 166 cm³/mol. The second kappa shape index (κ2) is 11.9. The Morgan fingerprint density at radius 3 is 2.35 bits per heavy atom. The number of carbonyl (C=O) groups excluding carboxylic acids is 2. The molecule has 1 saturated heterocycles. The Hall–Kier alpha value is -4.64. The van der Waals surface area contributed by atoms with E-state index in [2.05, 4.69) is 42.4 Å². The van der Waals surface area contributed by atoms with Gasteiger partial charge in [-0.3, -0.25) is 4.79 Å². The van der Waals surface area contributed by atoms with E-state index in [1.807, 2.05) is 57.2 Å². The van der Waals surface area contributed by atoms with Gasteiger partial charge in [-0.15, -0.1) is 0 Å². The number of benzene rings is 3. The second-order valence-electron chi connectivity index (χ2n) is 12.6. The molecule has 5 rings (SSSR count). The number of hydrogen-bond acceptors (Lipinski definition) is 6. The third-order valence-electron chi connectivity index (χ3n) is 8.01. The first kappa shape index (κ1) is 29.8. The SMILES string of the molecule is CC(C)c1cc(C#N)cc2nc(-c3ccc(C(=O)NCC4(c5ccccc5)CCN(C(=O)OC(C)(C)C)CC4)cc3)oc12. The van der Waals surface area contributed by atoms with Crippen LogP contribution in [0.15, 0.2) is 71.1 Å². The topological polar surface area (TPSA) is 108 Å². The third kappa shape index (κ3) is 6.56. The molecule has 0 radical (unpaired) electrons. The van der Waals surface area contributed by atoms with Gasteiger partial charge in [0.25, 0.3) is 5.91 Å². The zero-order valence-corrected chi connectivity index (χ0v) is 25.4. The average Bonchev–Trinajstić information content (AvgIpc) is 3.43. The van der Waals surface area contributed by atoms with Gasteiger partial charge >= 0.3 is 6.09 Å². The molecule has 8 heteroatoms. The number of aromatic nitrogens is 1. The molecule has 43 heavy (non-hydrogen) atoms. The molecule has 0 spiro atoms. The van der Waals surface area contributed by atoms with E-state index in [9.17, 15) is 14.9 Å². The molecule has 2 heterocycles.